The van der Waals surface area contributed by atoms with Crippen molar-refractivity contribution in [1.82, 2.24) is 5.32 Å². The summed E-state index contributed by atoms with van der Waals surface area (Å²) >= 11 is 0. The van der Waals surface area contributed by atoms with E-state index in [-0.39, 0.29) is 11.9 Å². The first kappa shape index (κ1) is 16.6. The zero-order valence-electron chi connectivity index (χ0n) is 13.4. The Morgan fingerprint density at radius 3 is 2.55 bits per heavy atom. The van der Waals surface area contributed by atoms with Crippen LogP contribution in [0.1, 0.15) is 32.6 Å². The first-order valence-electron chi connectivity index (χ1n) is 7.95. The molecule has 5 nitrogen and oxygen atoms in total. The lowest BCUT2D eigenvalue weighted by molar-refractivity contribution is -0.128. The van der Waals surface area contributed by atoms with E-state index < -0.39 is 6.10 Å². The Bertz CT molecular complexity index is 475. The Balaban J connectivity index is 1.87. The Morgan fingerprint density at radius 1 is 1.27 bits per heavy atom. The molecule has 1 fully saturated rings. The maximum absolute atomic E-state index is 12.3. The van der Waals surface area contributed by atoms with E-state index in [4.69, 9.17) is 15.2 Å². The number of benzene rings is 1. The van der Waals surface area contributed by atoms with Gasteiger partial charge in [-0.05, 0) is 56.5 Å². The highest BCUT2D eigenvalue weighted by molar-refractivity contribution is 5.81. The molecule has 1 aromatic carbocycles. The van der Waals surface area contributed by atoms with Gasteiger partial charge in [-0.25, -0.2) is 0 Å². The molecule has 3 unspecified atom stereocenters. The smallest absolute Gasteiger partial charge is 0.261 e. The number of rotatable bonds is 6. The Labute approximate surface area is 132 Å². The Morgan fingerprint density at radius 2 is 1.91 bits per heavy atom. The van der Waals surface area contributed by atoms with Crippen molar-refractivity contribution in [3.05, 3.63) is 24.3 Å². The van der Waals surface area contributed by atoms with Crippen LogP contribution in [-0.2, 0) is 4.79 Å². The van der Waals surface area contributed by atoms with Crippen molar-refractivity contribution < 1.29 is 14.3 Å². The van der Waals surface area contributed by atoms with Crippen molar-refractivity contribution in [2.45, 2.75) is 44.8 Å². The van der Waals surface area contributed by atoms with Crippen LogP contribution in [0.25, 0.3) is 0 Å². The Hall–Kier alpha value is -1.75. The standard InChI is InChI=1S/C17H26N2O3/c1-12(22-15-9-7-14(21-2)8-10-15)17(20)19-16-6-4-3-5-13(16)11-18/h7-10,12-13,16H,3-6,11,18H2,1-2H3,(H,19,20). The molecular weight excluding hydrogens is 280 g/mol. The highest BCUT2D eigenvalue weighted by Gasteiger charge is 2.27. The van der Waals surface area contributed by atoms with E-state index in [9.17, 15) is 4.79 Å². The fourth-order valence-corrected chi connectivity index (χ4v) is 2.89. The molecule has 2 rings (SSSR count). The fourth-order valence-electron chi connectivity index (χ4n) is 2.89. The molecule has 1 amide bonds. The minimum Gasteiger partial charge on any atom is -0.497 e. The third-order valence-corrected chi connectivity index (χ3v) is 4.28. The molecular formula is C17H26N2O3. The van der Waals surface area contributed by atoms with Crippen LogP contribution in [0.3, 0.4) is 0 Å². The van der Waals surface area contributed by atoms with Crippen molar-refractivity contribution in [3.8, 4) is 11.5 Å². The van der Waals surface area contributed by atoms with Gasteiger partial charge in [0.2, 0.25) is 0 Å². The molecule has 1 aliphatic carbocycles. The molecule has 1 aromatic rings. The monoisotopic (exact) mass is 306 g/mol. The second-order valence-corrected chi connectivity index (χ2v) is 5.83. The lowest BCUT2D eigenvalue weighted by Gasteiger charge is -2.32. The van der Waals surface area contributed by atoms with Gasteiger partial charge in [-0.15, -0.1) is 0 Å². The van der Waals surface area contributed by atoms with E-state index >= 15 is 0 Å². The zero-order chi connectivity index (χ0) is 15.9. The van der Waals surface area contributed by atoms with Gasteiger partial charge in [0, 0.05) is 6.04 Å². The Kier molecular flexibility index (Phi) is 6.07. The average Bonchev–Trinajstić information content (AvgIpc) is 2.56. The first-order chi connectivity index (χ1) is 10.6. The topological polar surface area (TPSA) is 73.6 Å². The van der Waals surface area contributed by atoms with Gasteiger partial charge < -0.3 is 20.5 Å². The number of methoxy groups -OCH3 is 1. The van der Waals surface area contributed by atoms with Crippen LogP contribution in [0, 0.1) is 5.92 Å². The SMILES string of the molecule is COc1ccc(OC(C)C(=O)NC2CCCCC2CN)cc1. The minimum atomic E-state index is -0.534. The normalized spacial score (nSPS) is 22.7. The van der Waals surface area contributed by atoms with Crippen molar-refractivity contribution in [1.29, 1.82) is 0 Å². The van der Waals surface area contributed by atoms with Gasteiger partial charge in [0.25, 0.3) is 5.91 Å². The predicted molar refractivity (Wildman–Crippen MR) is 86.0 cm³/mol. The molecule has 0 aliphatic heterocycles. The fraction of sp³-hybridized carbons (Fsp3) is 0.588. The third-order valence-electron chi connectivity index (χ3n) is 4.28. The summed E-state index contributed by atoms with van der Waals surface area (Å²) in [6.45, 7) is 2.39. The molecule has 0 bridgehead atoms. The molecule has 122 valence electrons. The molecule has 0 spiro atoms. The molecule has 1 saturated carbocycles. The van der Waals surface area contributed by atoms with Gasteiger partial charge in [-0.1, -0.05) is 12.8 Å². The van der Waals surface area contributed by atoms with Crippen molar-refractivity contribution in [2.75, 3.05) is 13.7 Å². The maximum Gasteiger partial charge on any atom is 0.261 e. The first-order valence-corrected chi connectivity index (χ1v) is 7.95. The van der Waals surface area contributed by atoms with Gasteiger partial charge in [-0.3, -0.25) is 4.79 Å². The van der Waals surface area contributed by atoms with Crippen LogP contribution in [0.15, 0.2) is 24.3 Å². The zero-order valence-corrected chi connectivity index (χ0v) is 13.4. The number of carbonyl (C=O) groups is 1. The predicted octanol–water partition coefficient (Wildman–Crippen LogP) is 2.10. The van der Waals surface area contributed by atoms with Gasteiger partial charge >= 0.3 is 0 Å². The van der Waals surface area contributed by atoms with Crippen LogP contribution in [0.5, 0.6) is 11.5 Å². The molecule has 0 radical (unpaired) electrons. The molecule has 3 N–H and O–H groups in total. The summed E-state index contributed by atoms with van der Waals surface area (Å²) in [7, 11) is 1.62. The van der Waals surface area contributed by atoms with Crippen molar-refractivity contribution in [3.63, 3.8) is 0 Å². The minimum absolute atomic E-state index is 0.0823. The number of carbonyl (C=O) groups excluding carboxylic acids is 1. The summed E-state index contributed by atoms with van der Waals surface area (Å²) in [4.78, 5) is 12.3. The number of amides is 1. The van der Waals surface area contributed by atoms with Crippen molar-refractivity contribution in [2.24, 2.45) is 11.7 Å². The molecule has 5 heteroatoms. The number of hydrogen-bond donors (Lipinski definition) is 2. The van der Waals surface area contributed by atoms with E-state index in [0.29, 0.717) is 18.2 Å². The van der Waals surface area contributed by atoms with E-state index in [2.05, 4.69) is 5.32 Å². The van der Waals surface area contributed by atoms with E-state index in [0.717, 1.165) is 25.0 Å². The van der Waals surface area contributed by atoms with Gasteiger partial charge in [0.15, 0.2) is 6.10 Å². The number of nitrogens with two attached hydrogens (primary N) is 1. The van der Waals surface area contributed by atoms with Crippen LogP contribution >= 0.6 is 0 Å². The summed E-state index contributed by atoms with van der Waals surface area (Å²) < 4.78 is 10.8. The summed E-state index contributed by atoms with van der Waals surface area (Å²) in [6.07, 6.45) is 3.91. The summed E-state index contributed by atoms with van der Waals surface area (Å²) in [5.74, 6) is 1.71. The second-order valence-electron chi connectivity index (χ2n) is 5.83. The molecule has 0 heterocycles. The lowest BCUT2D eigenvalue weighted by Crippen LogP contribution is -2.48. The third kappa shape index (κ3) is 4.37. The number of nitrogens with one attached hydrogen (secondary N) is 1. The highest BCUT2D eigenvalue weighted by Crippen LogP contribution is 2.24. The molecule has 3 atom stereocenters. The van der Waals surface area contributed by atoms with Gasteiger partial charge in [-0.2, -0.15) is 0 Å². The van der Waals surface area contributed by atoms with Crippen LogP contribution in [0.2, 0.25) is 0 Å². The maximum atomic E-state index is 12.3. The summed E-state index contributed by atoms with van der Waals surface area (Å²) in [5, 5.41) is 3.09. The number of hydrogen-bond acceptors (Lipinski definition) is 4. The van der Waals surface area contributed by atoms with Gasteiger partial charge in [0.1, 0.15) is 11.5 Å². The average molecular weight is 306 g/mol. The van der Waals surface area contributed by atoms with Crippen LogP contribution in [-0.4, -0.2) is 31.7 Å². The summed E-state index contributed by atoms with van der Waals surface area (Å²) in [6, 6.07) is 7.39. The van der Waals surface area contributed by atoms with Crippen molar-refractivity contribution >= 4 is 5.91 Å². The van der Waals surface area contributed by atoms with Crippen LogP contribution in [0.4, 0.5) is 0 Å². The van der Waals surface area contributed by atoms with Gasteiger partial charge in [0.05, 0.1) is 7.11 Å². The van der Waals surface area contributed by atoms with E-state index in [1.807, 2.05) is 12.1 Å². The molecule has 0 saturated heterocycles. The van der Waals surface area contributed by atoms with Crippen LogP contribution < -0.4 is 20.5 Å². The quantitative estimate of drug-likeness (QED) is 0.844. The summed E-state index contributed by atoms with van der Waals surface area (Å²) in [5.41, 5.74) is 5.80. The number of ether oxygens (including phenoxy) is 2. The second kappa shape index (κ2) is 8.03. The highest BCUT2D eigenvalue weighted by atomic mass is 16.5. The molecule has 0 aromatic heterocycles. The molecule has 1 aliphatic rings. The molecule has 22 heavy (non-hydrogen) atoms. The largest absolute Gasteiger partial charge is 0.497 e. The van der Waals surface area contributed by atoms with E-state index in [1.165, 1.54) is 6.42 Å². The van der Waals surface area contributed by atoms with E-state index in [1.54, 1.807) is 26.2 Å². The lowest BCUT2D eigenvalue weighted by atomic mass is 9.84.